The number of hydrogen-bond acceptors (Lipinski definition) is 4. The third-order valence-electron chi connectivity index (χ3n) is 7.06. The third-order valence-corrected chi connectivity index (χ3v) is 7.06. The van der Waals surface area contributed by atoms with Gasteiger partial charge in [-0.2, -0.15) is 0 Å². The minimum Gasteiger partial charge on any atom is -0.342 e. The number of aromatic nitrogens is 2. The molecule has 0 unspecified atom stereocenters. The highest BCUT2D eigenvalue weighted by Crippen LogP contribution is 2.53. The van der Waals surface area contributed by atoms with Crippen LogP contribution in [0.5, 0.6) is 0 Å². The summed E-state index contributed by atoms with van der Waals surface area (Å²) in [6, 6.07) is 0. The molecule has 0 aromatic carbocycles. The lowest BCUT2D eigenvalue weighted by molar-refractivity contribution is -0.153. The molecule has 1 amide bonds. The summed E-state index contributed by atoms with van der Waals surface area (Å²) < 4.78 is 0. The second kappa shape index (κ2) is 7.50. The summed E-state index contributed by atoms with van der Waals surface area (Å²) >= 11 is 0. The molecule has 1 aromatic rings. The van der Waals surface area contributed by atoms with E-state index >= 15 is 0 Å². The molecule has 0 radical (unpaired) electrons. The van der Waals surface area contributed by atoms with Gasteiger partial charge in [0.25, 0.3) is 0 Å². The van der Waals surface area contributed by atoms with Gasteiger partial charge >= 0.3 is 0 Å². The zero-order chi connectivity index (χ0) is 19.0. The molecule has 1 aromatic heterocycles. The number of carbonyl (C=O) groups excluding carboxylic acids is 1. The second-order valence-corrected chi connectivity index (χ2v) is 9.58. The molecule has 1 saturated carbocycles. The predicted octanol–water partition coefficient (Wildman–Crippen LogP) is 3.43. The molecule has 2 aliphatic heterocycles. The number of rotatable bonds is 5. The van der Waals surface area contributed by atoms with Gasteiger partial charge in [0.05, 0.1) is 0 Å². The number of piperidine rings is 1. The number of nitrogens with zero attached hydrogens (tertiary/aromatic N) is 4. The molecule has 3 fully saturated rings. The van der Waals surface area contributed by atoms with Gasteiger partial charge < -0.3 is 9.80 Å². The van der Waals surface area contributed by atoms with Crippen LogP contribution in [-0.4, -0.2) is 58.4 Å². The highest BCUT2D eigenvalue weighted by Gasteiger charge is 2.52. The van der Waals surface area contributed by atoms with E-state index in [1.54, 1.807) is 6.92 Å². The molecule has 0 bridgehead atoms. The molecule has 5 heteroatoms. The van der Waals surface area contributed by atoms with E-state index in [0.29, 0.717) is 17.3 Å². The van der Waals surface area contributed by atoms with Crippen LogP contribution in [0, 0.1) is 11.3 Å². The summed E-state index contributed by atoms with van der Waals surface area (Å²) in [6.45, 7) is 11.6. The van der Waals surface area contributed by atoms with Gasteiger partial charge in [-0.15, -0.1) is 0 Å². The Bertz CT molecular complexity index is 649. The Morgan fingerprint density at radius 3 is 2.37 bits per heavy atom. The lowest BCUT2D eigenvalue weighted by atomic mass is 9.57. The highest BCUT2D eigenvalue weighted by molar-refractivity contribution is 5.74. The molecule has 1 spiro atoms. The van der Waals surface area contributed by atoms with E-state index in [2.05, 4.69) is 41.1 Å². The van der Waals surface area contributed by atoms with Gasteiger partial charge in [-0.1, -0.05) is 13.8 Å². The summed E-state index contributed by atoms with van der Waals surface area (Å²) in [5.74, 6) is 3.11. The van der Waals surface area contributed by atoms with Gasteiger partial charge in [0.1, 0.15) is 5.82 Å². The Balaban J connectivity index is 1.15. The lowest BCUT2D eigenvalue weighted by Gasteiger charge is -2.59. The van der Waals surface area contributed by atoms with E-state index in [1.165, 1.54) is 57.3 Å². The van der Waals surface area contributed by atoms with E-state index in [1.807, 2.05) is 4.90 Å². The van der Waals surface area contributed by atoms with E-state index in [4.69, 9.17) is 0 Å². The lowest BCUT2D eigenvalue weighted by Crippen LogP contribution is -2.63. The van der Waals surface area contributed by atoms with Gasteiger partial charge in [0, 0.05) is 43.7 Å². The number of carbonyl (C=O) groups is 1. The van der Waals surface area contributed by atoms with Crippen molar-refractivity contribution in [2.24, 2.45) is 11.3 Å². The fraction of sp³-hybridized carbons (Fsp3) is 0.773. The molecule has 27 heavy (non-hydrogen) atoms. The molecule has 2 saturated heterocycles. The summed E-state index contributed by atoms with van der Waals surface area (Å²) in [7, 11) is 0. The molecule has 0 atom stereocenters. The van der Waals surface area contributed by atoms with E-state index in [-0.39, 0.29) is 5.91 Å². The topological polar surface area (TPSA) is 49.3 Å². The van der Waals surface area contributed by atoms with Crippen LogP contribution in [0.4, 0.5) is 0 Å². The predicted molar refractivity (Wildman–Crippen MR) is 107 cm³/mol. The fourth-order valence-corrected chi connectivity index (χ4v) is 5.33. The summed E-state index contributed by atoms with van der Waals surface area (Å²) in [6.07, 6.45) is 10.6. The number of likely N-dealkylation sites (tertiary alicyclic amines) is 2. The first kappa shape index (κ1) is 18.9. The molecule has 1 aliphatic carbocycles. The first-order chi connectivity index (χ1) is 12.9. The van der Waals surface area contributed by atoms with Crippen molar-refractivity contribution in [2.45, 2.75) is 64.7 Å². The highest BCUT2D eigenvalue weighted by atomic mass is 16.2. The van der Waals surface area contributed by atoms with Crippen LogP contribution in [0.1, 0.15) is 76.1 Å². The monoisotopic (exact) mass is 370 g/mol. The normalized spacial score (nSPS) is 23.5. The Labute approximate surface area is 163 Å². The maximum absolute atomic E-state index is 11.4. The fourth-order valence-electron chi connectivity index (χ4n) is 5.33. The van der Waals surface area contributed by atoms with Crippen molar-refractivity contribution in [3.63, 3.8) is 0 Å². The molecule has 3 heterocycles. The Hall–Kier alpha value is -1.49. The zero-order valence-electron chi connectivity index (χ0n) is 17.2. The smallest absolute Gasteiger partial charge is 0.219 e. The van der Waals surface area contributed by atoms with E-state index < -0.39 is 0 Å². The van der Waals surface area contributed by atoms with Crippen LogP contribution >= 0.6 is 0 Å². The van der Waals surface area contributed by atoms with E-state index in [0.717, 1.165) is 24.8 Å². The van der Waals surface area contributed by atoms with Crippen molar-refractivity contribution < 1.29 is 4.79 Å². The third kappa shape index (κ3) is 4.03. The van der Waals surface area contributed by atoms with Crippen molar-refractivity contribution in [1.29, 1.82) is 0 Å². The molecular formula is C22H34N4O. The summed E-state index contributed by atoms with van der Waals surface area (Å²) in [5, 5.41) is 0. The first-order valence-electron chi connectivity index (χ1n) is 10.7. The van der Waals surface area contributed by atoms with E-state index in [9.17, 15) is 4.79 Å². The van der Waals surface area contributed by atoms with Crippen LogP contribution in [0.25, 0.3) is 0 Å². The van der Waals surface area contributed by atoms with Crippen molar-refractivity contribution in [3.8, 4) is 0 Å². The summed E-state index contributed by atoms with van der Waals surface area (Å²) in [4.78, 5) is 25.1. The Kier molecular flexibility index (Phi) is 5.23. The van der Waals surface area contributed by atoms with Crippen LogP contribution in [-0.2, 0) is 4.79 Å². The van der Waals surface area contributed by atoms with Gasteiger partial charge in [-0.3, -0.25) is 4.79 Å². The first-order valence-corrected chi connectivity index (χ1v) is 10.7. The van der Waals surface area contributed by atoms with Crippen molar-refractivity contribution in [1.82, 2.24) is 19.8 Å². The maximum Gasteiger partial charge on any atom is 0.219 e. The van der Waals surface area contributed by atoms with Crippen LogP contribution in [0.15, 0.2) is 12.4 Å². The van der Waals surface area contributed by atoms with Gasteiger partial charge in [0.2, 0.25) is 5.91 Å². The van der Waals surface area contributed by atoms with Gasteiger partial charge in [0.15, 0.2) is 0 Å². The van der Waals surface area contributed by atoms with Gasteiger partial charge in [-0.05, 0) is 69.1 Å². The van der Waals surface area contributed by atoms with Gasteiger partial charge in [-0.25, -0.2) is 9.97 Å². The average Bonchev–Trinajstić information content (AvgIpc) is 2.59. The number of amides is 1. The minimum absolute atomic E-state index is 0.246. The molecular weight excluding hydrogens is 336 g/mol. The van der Waals surface area contributed by atoms with Crippen LogP contribution in [0.3, 0.4) is 0 Å². The quantitative estimate of drug-likeness (QED) is 0.797. The van der Waals surface area contributed by atoms with Crippen LogP contribution < -0.4 is 0 Å². The standard InChI is InChI=1S/C22H34N4O/c1-16(2)21-23-12-20(13-24-21)19-5-8-25(9-6-19)7-4-18-10-22(11-18)14-26(15-22)17(3)27/h12-13,16,18-19H,4-11,14-15H2,1-3H3. The molecule has 5 nitrogen and oxygen atoms in total. The van der Waals surface area contributed by atoms with Crippen molar-refractivity contribution >= 4 is 5.91 Å². The SMILES string of the molecule is CC(=O)N1CC2(CC(CCN3CCC(c4cnc(C(C)C)nc4)CC3)C2)C1. The zero-order valence-corrected chi connectivity index (χ0v) is 17.2. The van der Waals surface area contributed by atoms with Crippen molar-refractivity contribution in [2.75, 3.05) is 32.7 Å². The minimum atomic E-state index is 0.246. The second-order valence-electron chi connectivity index (χ2n) is 9.58. The largest absolute Gasteiger partial charge is 0.342 e. The van der Waals surface area contributed by atoms with Crippen LogP contribution in [0.2, 0.25) is 0 Å². The molecule has 4 rings (SSSR count). The Morgan fingerprint density at radius 2 is 1.81 bits per heavy atom. The Morgan fingerprint density at radius 1 is 1.19 bits per heavy atom. The maximum atomic E-state index is 11.4. The molecule has 0 N–H and O–H groups in total. The molecule has 148 valence electrons. The number of hydrogen-bond donors (Lipinski definition) is 0. The summed E-state index contributed by atoms with van der Waals surface area (Å²) in [5.41, 5.74) is 1.82. The molecule has 3 aliphatic rings. The average molecular weight is 371 g/mol. The van der Waals surface area contributed by atoms with Crippen molar-refractivity contribution in [3.05, 3.63) is 23.8 Å².